The number of hydrogen-bond donors (Lipinski definition) is 2. The number of carbonyl (C=O) groups is 2. The molecule has 6 nitrogen and oxygen atoms in total. The number of hydrogen-bond acceptors (Lipinski definition) is 3. The van der Waals surface area contributed by atoms with E-state index in [2.05, 4.69) is 10.3 Å². The van der Waals surface area contributed by atoms with Gasteiger partial charge in [0.05, 0.1) is 5.69 Å². The maximum atomic E-state index is 12.7. The van der Waals surface area contributed by atoms with Crippen LogP contribution in [0.2, 0.25) is 0 Å². The highest BCUT2D eigenvalue weighted by molar-refractivity contribution is 5.97. The van der Waals surface area contributed by atoms with Crippen LogP contribution in [0.4, 0.5) is 0 Å². The number of carboxylic acids is 1. The van der Waals surface area contributed by atoms with Crippen LogP contribution in [-0.4, -0.2) is 32.4 Å². The van der Waals surface area contributed by atoms with Crippen LogP contribution in [-0.2, 0) is 11.2 Å². The van der Waals surface area contributed by atoms with E-state index < -0.39 is 17.9 Å². The van der Waals surface area contributed by atoms with Crippen molar-refractivity contribution in [1.29, 1.82) is 0 Å². The second kappa shape index (κ2) is 6.81. The van der Waals surface area contributed by atoms with Crippen LogP contribution in [0.1, 0.15) is 48.9 Å². The third-order valence-electron chi connectivity index (χ3n) is 4.23. The van der Waals surface area contributed by atoms with Gasteiger partial charge < -0.3 is 10.4 Å². The molecular formula is C17H23N3O3. The van der Waals surface area contributed by atoms with Gasteiger partial charge in [-0.15, -0.1) is 0 Å². The highest BCUT2D eigenvalue weighted by atomic mass is 16.4. The summed E-state index contributed by atoms with van der Waals surface area (Å²) in [7, 11) is 0. The molecule has 0 aromatic carbocycles. The summed E-state index contributed by atoms with van der Waals surface area (Å²) < 4.78 is 1.74. The van der Waals surface area contributed by atoms with Crippen LogP contribution in [0.25, 0.3) is 5.65 Å². The molecule has 1 amide bonds. The van der Waals surface area contributed by atoms with Crippen molar-refractivity contribution >= 4 is 17.5 Å². The molecule has 23 heavy (non-hydrogen) atoms. The maximum absolute atomic E-state index is 12.7. The number of amides is 1. The van der Waals surface area contributed by atoms with Gasteiger partial charge in [0.15, 0.2) is 0 Å². The first kappa shape index (κ1) is 17.0. The normalized spacial score (nSPS) is 13.7. The number of pyridine rings is 1. The highest BCUT2D eigenvalue weighted by Gasteiger charge is 2.28. The van der Waals surface area contributed by atoms with Gasteiger partial charge >= 0.3 is 5.97 Å². The zero-order chi connectivity index (χ0) is 17.1. The van der Waals surface area contributed by atoms with Gasteiger partial charge in [0.2, 0.25) is 0 Å². The number of carboxylic acid groups (broad SMARTS) is 1. The number of nitrogens with zero attached hydrogens (tertiary/aromatic N) is 2. The second-order valence-corrected chi connectivity index (χ2v) is 5.82. The average Bonchev–Trinajstić information content (AvgIpc) is 2.91. The van der Waals surface area contributed by atoms with Gasteiger partial charge in [-0.3, -0.25) is 9.20 Å². The molecular weight excluding hydrogens is 294 g/mol. The van der Waals surface area contributed by atoms with E-state index in [4.69, 9.17) is 0 Å². The fraction of sp³-hybridized carbons (Fsp3) is 0.471. The third-order valence-corrected chi connectivity index (χ3v) is 4.23. The molecule has 0 aliphatic carbocycles. The number of imidazole rings is 1. The Kier molecular flexibility index (Phi) is 5.03. The zero-order valence-electron chi connectivity index (χ0n) is 14.0. The lowest BCUT2D eigenvalue weighted by Gasteiger charge is -2.20. The number of rotatable bonds is 6. The van der Waals surface area contributed by atoms with Crippen molar-refractivity contribution < 1.29 is 14.7 Å². The zero-order valence-corrected chi connectivity index (χ0v) is 14.0. The Morgan fingerprint density at radius 2 is 2.09 bits per heavy atom. The topological polar surface area (TPSA) is 83.7 Å². The summed E-state index contributed by atoms with van der Waals surface area (Å²) >= 11 is 0. The van der Waals surface area contributed by atoms with E-state index in [9.17, 15) is 14.7 Å². The van der Waals surface area contributed by atoms with Gasteiger partial charge in [-0.2, -0.15) is 0 Å². The number of aliphatic carboxylic acids is 1. The number of fused-ring (bicyclic) bond motifs is 1. The molecule has 0 aliphatic rings. The SMILES string of the molecule is CCc1nc2c(C)cccn2c1C(=O)NC(C(=O)O)C(C)CC. The van der Waals surface area contributed by atoms with Gasteiger partial charge in [0.25, 0.3) is 5.91 Å². The molecule has 2 atom stereocenters. The van der Waals surface area contributed by atoms with Crippen LogP contribution in [0.15, 0.2) is 18.3 Å². The van der Waals surface area contributed by atoms with E-state index in [0.717, 1.165) is 11.2 Å². The Morgan fingerprint density at radius 1 is 1.39 bits per heavy atom. The Balaban J connectivity index is 2.44. The minimum atomic E-state index is -1.02. The summed E-state index contributed by atoms with van der Waals surface area (Å²) in [6.07, 6.45) is 3.05. The number of carbonyl (C=O) groups excluding carboxylic acids is 1. The molecule has 0 bridgehead atoms. The fourth-order valence-electron chi connectivity index (χ4n) is 2.63. The maximum Gasteiger partial charge on any atom is 0.326 e. The molecule has 0 radical (unpaired) electrons. The van der Waals surface area contributed by atoms with Crippen molar-refractivity contribution in [3.63, 3.8) is 0 Å². The fourth-order valence-corrected chi connectivity index (χ4v) is 2.63. The Bertz CT molecular complexity index is 736. The molecule has 2 aromatic heterocycles. The molecule has 0 saturated heterocycles. The molecule has 0 fully saturated rings. The van der Waals surface area contributed by atoms with Gasteiger partial charge in [-0.1, -0.05) is 33.3 Å². The second-order valence-electron chi connectivity index (χ2n) is 5.82. The molecule has 2 heterocycles. The quantitative estimate of drug-likeness (QED) is 0.857. The van der Waals surface area contributed by atoms with Crippen molar-refractivity contribution in [3.05, 3.63) is 35.3 Å². The largest absolute Gasteiger partial charge is 0.480 e. The van der Waals surface area contributed by atoms with E-state index in [1.165, 1.54) is 0 Å². The first-order valence-electron chi connectivity index (χ1n) is 7.90. The molecule has 2 unspecified atom stereocenters. The summed E-state index contributed by atoms with van der Waals surface area (Å²) in [4.78, 5) is 28.7. The summed E-state index contributed by atoms with van der Waals surface area (Å²) in [5.74, 6) is -1.56. The number of aromatic nitrogens is 2. The monoisotopic (exact) mass is 317 g/mol. The standard InChI is InChI=1S/C17H23N3O3/c1-5-10(3)13(17(22)23)19-16(21)14-12(6-2)18-15-11(4)8-7-9-20(14)15/h7-10,13H,5-6H2,1-4H3,(H,19,21)(H,22,23). The molecule has 2 N–H and O–H groups in total. The summed E-state index contributed by atoms with van der Waals surface area (Å²) in [5, 5.41) is 12.0. The molecule has 0 aliphatic heterocycles. The molecule has 6 heteroatoms. The number of aryl methyl sites for hydroxylation is 2. The predicted octanol–water partition coefficient (Wildman–Crippen LogP) is 2.43. The number of nitrogens with one attached hydrogen (secondary N) is 1. The Hall–Kier alpha value is -2.37. The molecule has 124 valence electrons. The first-order chi connectivity index (χ1) is 10.9. The predicted molar refractivity (Wildman–Crippen MR) is 87.7 cm³/mol. The van der Waals surface area contributed by atoms with Crippen molar-refractivity contribution in [2.45, 2.75) is 46.6 Å². The Morgan fingerprint density at radius 3 is 2.65 bits per heavy atom. The lowest BCUT2D eigenvalue weighted by molar-refractivity contribution is -0.140. The van der Waals surface area contributed by atoms with Crippen LogP contribution in [0.3, 0.4) is 0 Å². The molecule has 2 rings (SSSR count). The summed E-state index contributed by atoms with van der Waals surface area (Å²) in [5.41, 5.74) is 2.79. The van der Waals surface area contributed by atoms with Gasteiger partial charge in [-0.25, -0.2) is 9.78 Å². The van der Waals surface area contributed by atoms with Crippen molar-refractivity contribution in [3.8, 4) is 0 Å². The van der Waals surface area contributed by atoms with Crippen molar-refractivity contribution in [1.82, 2.24) is 14.7 Å². The van der Waals surface area contributed by atoms with Crippen LogP contribution >= 0.6 is 0 Å². The van der Waals surface area contributed by atoms with Crippen molar-refractivity contribution in [2.75, 3.05) is 0 Å². The smallest absolute Gasteiger partial charge is 0.326 e. The van der Waals surface area contributed by atoms with Gasteiger partial charge in [0.1, 0.15) is 17.4 Å². The minimum Gasteiger partial charge on any atom is -0.480 e. The van der Waals surface area contributed by atoms with Crippen LogP contribution < -0.4 is 5.32 Å². The van der Waals surface area contributed by atoms with Crippen molar-refractivity contribution in [2.24, 2.45) is 5.92 Å². The van der Waals surface area contributed by atoms with Crippen LogP contribution in [0.5, 0.6) is 0 Å². The lowest BCUT2D eigenvalue weighted by Crippen LogP contribution is -2.45. The average molecular weight is 317 g/mol. The van der Waals surface area contributed by atoms with E-state index in [1.54, 1.807) is 10.6 Å². The van der Waals surface area contributed by atoms with E-state index in [-0.39, 0.29) is 5.92 Å². The van der Waals surface area contributed by atoms with E-state index >= 15 is 0 Å². The summed E-state index contributed by atoms with van der Waals surface area (Å²) in [6, 6.07) is 2.87. The Labute approximate surface area is 135 Å². The molecule has 2 aromatic rings. The van der Waals surface area contributed by atoms with Gasteiger partial charge in [0, 0.05) is 6.20 Å². The summed E-state index contributed by atoms with van der Waals surface area (Å²) in [6.45, 7) is 7.58. The van der Waals surface area contributed by atoms with E-state index in [0.29, 0.717) is 24.2 Å². The molecule has 0 saturated carbocycles. The lowest BCUT2D eigenvalue weighted by atomic mass is 9.99. The first-order valence-corrected chi connectivity index (χ1v) is 7.90. The highest BCUT2D eigenvalue weighted by Crippen LogP contribution is 2.17. The van der Waals surface area contributed by atoms with Gasteiger partial charge in [-0.05, 0) is 30.9 Å². The molecule has 0 spiro atoms. The third kappa shape index (κ3) is 3.21. The van der Waals surface area contributed by atoms with E-state index in [1.807, 2.05) is 39.8 Å². The minimum absolute atomic E-state index is 0.151. The van der Waals surface area contributed by atoms with Crippen LogP contribution in [0, 0.1) is 12.8 Å².